The number of rotatable bonds is 5. The molecule has 0 saturated carbocycles. The van der Waals surface area contributed by atoms with Crippen LogP contribution in [-0.4, -0.2) is 0 Å². The summed E-state index contributed by atoms with van der Waals surface area (Å²) >= 11 is 0. The van der Waals surface area contributed by atoms with E-state index in [1.807, 2.05) is 30.3 Å². The van der Waals surface area contributed by atoms with Crippen molar-refractivity contribution in [1.29, 1.82) is 0 Å². The molecular formula is C11H15N3. The van der Waals surface area contributed by atoms with Gasteiger partial charge in [-0.25, -0.2) is 0 Å². The molecule has 3 nitrogen and oxygen atoms in total. The number of azide groups is 1. The van der Waals surface area contributed by atoms with Gasteiger partial charge in [-0.3, -0.25) is 0 Å². The van der Waals surface area contributed by atoms with Crippen LogP contribution in [0.1, 0.15) is 37.8 Å². The highest BCUT2D eigenvalue weighted by Gasteiger charge is 2.07. The van der Waals surface area contributed by atoms with Crippen LogP contribution < -0.4 is 0 Å². The third-order valence-electron chi connectivity index (χ3n) is 2.21. The molecule has 1 aromatic carbocycles. The maximum atomic E-state index is 8.46. The van der Waals surface area contributed by atoms with Crippen molar-refractivity contribution in [3.63, 3.8) is 0 Å². The molecule has 1 atom stereocenters. The molecule has 0 aliphatic rings. The Balaban J connectivity index is 2.72. The lowest BCUT2D eigenvalue weighted by Crippen LogP contribution is -1.93. The third-order valence-corrected chi connectivity index (χ3v) is 2.21. The lowest BCUT2D eigenvalue weighted by atomic mass is 10.0. The van der Waals surface area contributed by atoms with E-state index < -0.39 is 0 Å². The van der Waals surface area contributed by atoms with Gasteiger partial charge in [0.25, 0.3) is 0 Å². The molecule has 0 aromatic heterocycles. The average molecular weight is 189 g/mol. The Morgan fingerprint density at radius 1 is 1.36 bits per heavy atom. The smallest absolute Gasteiger partial charge is 0.0625 e. The Morgan fingerprint density at radius 2 is 2.07 bits per heavy atom. The van der Waals surface area contributed by atoms with Crippen LogP contribution >= 0.6 is 0 Å². The van der Waals surface area contributed by atoms with Crippen molar-refractivity contribution in [3.05, 3.63) is 46.3 Å². The molecule has 14 heavy (non-hydrogen) atoms. The quantitative estimate of drug-likeness (QED) is 0.378. The van der Waals surface area contributed by atoms with Gasteiger partial charge in [-0.1, -0.05) is 55.2 Å². The van der Waals surface area contributed by atoms with Crippen molar-refractivity contribution in [2.24, 2.45) is 5.11 Å². The van der Waals surface area contributed by atoms with Gasteiger partial charge in [0, 0.05) is 4.91 Å². The Morgan fingerprint density at radius 3 is 2.64 bits per heavy atom. The molecule has 0 spiro atoms. The molecule has 0 N–H and O–H groups in total. The van der Waals surface area contributed by atoms with E-state index in [2.05, 4.69) is 16.9 Å². The summed E-state index contributed by atoms with van der Waals surface area (Å²) in [4.78, 5) is 2.89. The van der Waals surface area contributed by atoms with Gasteiger partial charge in [0.2, 0.25) is 0 Å². The van der Waals surface area contributed by atoms with E-state index >= 15 is 0 Å². The normalized spacial score (nSPS) is 11.8. The summed E-state index contributed by atoms with van der Waals surface area (Å²) in [6.07, 6.45) is 3.16. The molecule has 74 valence electrons. The van der Waals surface area contributed by atoms with E-state index in [9.17, 15) is 0 Å². The number of unbranched alkanes of at least 4 members (excludes halogenated alkanes) is 1. The lowest BCUT2D eigenvalue weighted by Gasteiger charge is -2.09. The van der Waals surface area contributed by atoms with Crippen LogP contribution in [0.3, 0.4) is 0 Å². The van der Waals surface area contributed by atoms with Gasteiger partial charge >= 0.3 is 0 Å². The van der Waals surface area contributed by atoms with E-state index in [0.717, 1.165) is 24.8 Å². The van der Waals surface area contributed by atoms with Gasteiger partial charge in [-0.2, -0.15) is 0 Å². The molecule has 1 rings (SSSR count). The average Bonchev–Trinajstić information content (AvgIpc) is 2.25. The molecular weight excluding hydrogens is 174 g/mol. The maximum Gasteiger partial charge on any atom is 0.0625 e. The largest absolute Gasteiger partial charge is 0.0859 e. The van der Waals surface area contributed by atoms with Crippen LogP contribution in [0.25, 0.3) is 10.4 Å². The van der Waals surface area contributed by atoms with Gasteiger partial charge in [-0.15, -0.1) is 0 Å². The van der Waals surface area contributed by atoms with Crippen LogP contribution in [0.15, 0.2) is 35.4 Å². The Bertz CT molecular complexity index is 302. The minimum Gasteiger partial charge on any atom is -0.0859 e. The molecule has 0 bridgehead atoms. The highest BCUT2D eigenvalue weighted by atomic mass is 15.1. The van der Waals surface area contributed by atoms with Gasteiger partial charge in [-0.05, 0) is 17.5 Å². The van der Waals surface area contributed by atoms with E-state index in [1.54, 1.807) is 0 Å². The second kappa shape index (κ2) is 6.06. The minimum atomic E-state index is 0.00106. The molecule has 0 fully saturated rings. The number of benzene rings is 1. The van der Waals surface area contributed by atoms with Crippen molar-refractivity contribution < 1.29 is 0 Å². The zero-order chi connectivity index (χ0) is 10.2. The van der Waals surface area contributed by atoms with Gasteiger partial charge in [0.05, 0.1) is 6.04 Å². The first-order chi connectivity index (χ1) is 6.88. The number of nitrogens with zero attached hydrogens (tertiary/aromatic N) is 3. The van der Waals surface area contributed by atoms with Crippen LogP contribution in [0.2, 0.25) is 0 Å². The summed E-state index contributed by atoms with van der Waals surface area (Å²) in [5.74, 6) is 0. The second-order valence-electron chi connectivity index (χ2n) is 3.27. The molecule has 3 heteroatoms. The van der Waals surface area contributed by atoms with Crippen LogP contribution in [-0.2, 0) is 0 Å². The van der Waals surface area contributed by atoms with Crippen molar-refractivity contribution in [2.75, 3.05) is 0 Å². The topological polar surface area (TPSA) is 48.8 Å². The van der Waals surface area contributed by atoms with Gasteiger partial charge in [0.15, 0.2) is 0 Å². The highest BCUT2D eigenvalue weighted by Crippen LogP contribution is 2.23. The van der Waals surface area contributed by atoms with Crippen LogP contribution in [0.5, 0.6) is 0 Å². The molecule has 0 saturated heterocycles. The van der Waals surface area contributed by atoms with Crippen molar-refractivity contribution in [1.82, 2.24) is 0 Å². The maximum absolute atomic E-state index is 8.46. The van der Waals surface area contributed by atoms with Crippen LogP contribution in [0.4, 0.5) is 0 Å². The summed E-state index contributed by atoms with van der Waals surface area (Å²) in [5.41, 5.74) is 9.57. The first-order valence-electron chi connectivity index (χ1n) is 4.97. The first kappa shape index (κ1) is 10.6. The summed E-state index contributed by atoms with van der Waals surface area (Å²) in [6, 6.07) is 9.93. The fourth-order valence-corrected chi connectivity index (χ4v) is 1.43. The molecule has 0 aliphatic heterocycles. The second-order valence-corrected chi connectivity index (χ2v) is 3.27. The number of hydrogen-bond acceptors (Lipinski definition) is 1. The van der Waals surface area contributed by atoms with E-state index in [4.69, 9.17) is 5.53 Å². The Kier molecular flexibility index (Phi) is 4.59. The zero-order valence-corrected chi connectivity index (χ0v) is 8.43. The summed E-state index contributed by atoms with van der Waals surface area (Å²) in [5, 5.41) is 3.81. The van der Waals surface area contributed by atoms with Gasteiger partial charge in [0.1, 0.15) is 0 Å². The van der Waals surface area contributed by atoms with Crippen molar-refractivity contribution in [3.8, 4) is 0 Å². The highest BCUT2D eigenvalue weighted by molar-refractivity contribution is 5.18. The fraction of sp³-hybridized carbons (Fsp3) is 0.455. The summed E-state index contributed by atoms with van der Waals surface area (Å²) in [6.45, 7) is 2.14. The van der Waals surface area contributed by atoms with Crippen LogP contribution in [0, 0.1) is 0 Å². The lowest BCUT2D eigenvalue weighted by molar-refractivity contribution is 0.600. The van der Waals surface area contributed by atoms with E-state index in [-0.39, 0.29) is 6.04 Å². The molecule has 0 unspecified atom stereocenters. The minimum absolute atomic E-state index is 0.00106. The van der Waals surface area contributed by atoms with Gasteiger partial charge < -0.3 is 0 Å². The Labute approximate surface area is 84.4 Å². The summed E-state index contributed by atoms with van der Waals surface area (Å²) in [7, 11) is 0. The molecule has 1 aromatic rings. The first-order valence-corrected chi connectivity index (χ1v) is 4.97. The predicted octanol–water partition coefficient (Wildman–Crippen LogP) is 4.23. The molecule has 0 aliphatic carbocycles. The third kappa shape index (κ3) is 3.11. The van der Waals surface area contributed by atoms with Crippen molar-refractivity contribution >= 4 is 0 Å². The molecule has 0 amide bonds. The zero-order valence-electron chi connectivity index (χ0n) is 8.43. The molecule has 0 radical (unpaired) electrons. The predicted molar refractivity (Wildman–Crippen MR) is 57.9 cm³/mol. The molecule has 0 heterocycles. The monoisotopic (exact) mass is 189 g/mol. The number of hydrogen-bond donors (Lipinski definition) is 0. The van der Waals surface area contributed by atoms with E-state index in [1.165, 1.54) is 0 Å². The Hall–Kier alpha value is -1.47. The van der Waals surface area contributed by atoms with Crippen molar-refractivity contribution in [2.45, 2.75) is 32.2 Å². The van der Waals surface area contributed by atoms with E-state index in [0.29, 0.717) is 0 Å². The fourth-order valence-electron chi connectivity index (χ4n) is 1.43. The summed E-state index contributed by atoms with van der Waals surface area (Å²) < 4.78 is 0. The SMILES string of the molecule is CCCC[C@H](N=[N+]=[N-])c1ccccc1. The standard InChI is InChI=1S/C11H15N3/c1-2-3-9-11(13-14-12)10-7-5-4-6-8-10/h4-8,11H,2-3,9H2,1H3/t11-/m0/s1.